The fourth-order valence-electron chi connectivity index (χ4n) is 2.42. The van der Waals surface area contributed by atoms with Crippen molar-refractivity contribution in [1.82, 2.24) is 5.32 Å². The lowest BCUT2D eigenvalue weighted by Gasteiger charge is -2.09. The molecular weight excluding hydrogens is 364 g/mol. The van der Waals surface area contributed by atoms with E-state index in [-0.39, 0.29) is 24.0 Å². The summed E-state index contributed by atoms with van der Waals surface area (Å²) in [5.41, 5.74) is 2.37. The number of rotatable bonds is 5. The van der Waals surface area contributed by atoms with Gasteiger partial charge in [0.2, 0.25) is 11.8 Å². The molecule has 1 fully saturated rings. The number of carbonyl (C=O) groups is 2. The number of amides is 2. The maximum atomic E-state index is 12.2. The summed E-state index contributed by atoms with van der Waals surface area (Å²) in [5.74, 6) is -0.373. The summed E-state index contributed by atoms with van der Waals surface area (Å²) in [6.45, 7) is 1.90. The monoisotopic (exact) mass is 382 g/mol. The van der Waals surface area contributed by atoms with Crippen LogP contribution in [0.3, 0.4) is 0 Å². The lowest BCUT2D eigenvalue weighted by Crippen LogP contribution is -2.28. The number of nitrogens with one attached hydrogen (secondary N) is 2. The molecule has 1 saturated heterocycles. The Labute approximate surface area is 160 Å². The van der Waals surface area contributed by atoms with Crippen LogP contribution in [0.25, 0.3) is 0 Å². The van der Waals surface area contributed by atoms with Gasteiger partial charge in [-0.05, 0) is 36.2 Å². The van der Waals surface area contributed by atoms with Crippen molar-refractivity contribution >= 4 is 40.6 Å². The minimum Gasteiger partial charge on any atom is -0.508 e. The molecule has 1 heterocycles. The molecule has 0 bridgehead atoms. The van der Waals surface area contributed by atoms with Crippen LogP contribution in [-0.2, 0) is 9.59 Å². The highest BCUT2D eigenvalue weighted by molar-refractivity contribution is 8.15. The van der Waals surface area contributed by atoms with Gasteiger partial charge >= 0.3 is 0 Å². The Bertz CT molecular complexity index is 927. The highest BCUT2D eigenvalue weighted by Gasteiger charge is 2.32. The van der Waals surface area contributed by atoms with Gasteiger partial charge in [0.1, 0.15) is 11.0 Å². The van der Waals surface area contributed by atoms with Crippen molar-refractivity contribution in [1.29, 1.82) is 0 Å². The number of benzene rings is 2. The van der Waals surface area contributed by atoms with Crippen molar-refractivity contribution < 1.29 is 14.7 Å². The lowest BCUT2D eigenvalue weighted by atomic mass is 10.2. The fourth-order valence-corrected chi connectivity index (χ4v) is 3.35. The molecule has 1 atom stereocenters. The number of amidine groups is 1. The van der Waals surface area contributed by atoms with Crippen molar-refractivity contribution in [3.63, 3.8) is 0 Å². The summed E-state index contributed by atoms with van der Waals surface area (Å²) in [7, 11) is 0. The normalized spacial score (nSPS) is 18.0. The van der Waals surface area contributed by atoms with Gasteiger partial charge in [-0.1, -0.05) is 42.1 Å². The zero-order valence-electron chi connectivity index (χ0n) is 14.5. The number of para-hydroxylation sites is 1. The highest BCUT2D eigenvalue weighted by Crippen LogP contribution is 2.23. The average Bonchev–Trinajstić information content (AvgIpc) is 2.96. The van der Waals surface area contributed by atoms with E-state index in [1.165, 1.54) is 18.0 Å². The van der Waals surface area contributed by atoms with E-state index in [0.717, 1.165) is 11.3 Å². The van der Waals surface area contributed by atoms with E-state index in [4.69, 9.17) is 0 Å². The number of carbonyl (C=O) groups excluding carboxylic acids is 2. The molecule has 2 aromatic carbocycles. The van der Waals surface area contributed by atoms with Crippen LogP contribution in [0.4, 0.5) is 5.69 Å². The topological polar surface area (TPSA) is 103 Å². The van der Waals surface area contributed by atoms with Crippen LogP contribution in [0.2, 0.25) is 0 Å². The van der Waals surface area contributed by atoms with Gasteiger partial charge in [0, 0.05) is 12.1 Å². The van der Waals surface area contributed by atoms with Crippen LogP contribution >= 0.6 is 11.8 Å². The molecule has 1 aliphatic heterocycles. The van der Waals surface area contributed by atoms with Crippen LogP contribution < -0.4 is 10.6 Å². The quantitative estimate of drug-likeness (QED) is 0.546. The second kappa shape index (κ2) is 8.50. The number of hydrogen-bond acceptors (Lipinski definition) is 6. The summed E-state index contributed by atoms with van der Waals surface area (Å²) in [5, 5.41) is 22.5. The zero-order valence-corrected chi connectivity index (χ0v) is 15.4. The smallest absolute Gasteiger partial charge is 0.240 e. The van der Waals surface area contributed by atoms with Gasteiger partial charge in [0.05, 0.1) is 6.21 Å². The molecule has 0 spiro atoms. The molecule has 138 valence electrons. The number of aromatic hydroxyl groups is 1. The van der Waals surface area contributed by atoms with Crippen molar-refractivity contribution in [2.75, 3.05) is 5.32 Å². The minimum absolute atomic E-state index is 0.0418. The van der Waals surface area contributed by atoms with Gasteiger partial charge in [-0.2, -0.15) is 5.10 Å². The third-order valence-corrected chi connectivity index (χ3v) is 4.86. The molecule has 0 aliphatic carbocycles. The molecule has 2 aromatic rings. The van der Waals surface area contributed by atoms with Crippen molar-refractivity contribution in [2.45, 2.75) is 18.6 Å². The number of anilines is 1. The van der Waals surface area contributed by atoms with Gasteiger partial charge in [0.25, 0.3) is 0 Å². The molecule has 1 aliphatic rings. The van der Waals surface area contributed by atoms with E-state index in [9.17, 15) is 14.7 Å². The summed E-state index contributed by atoms with van der Waals surface area (Å²) in [4.78, 5) is 24.2. The first-order valence-corrected chi connectivity index (χ1v) is 9.12. The molecule has 0 aromatic heterocycles. The Morgan fingerprint density at radius 3 is 2.89 bits per heavy atom. The van der Waals surface area contributed by atoms with Gasteiger partial charge in [-0.3, -0.25) is 9.59 Å². The third-order valence-electron chi connectivity index (χ3n) is 3.79. The largest absolute Gasteiger partial charge is 0.508 e. The third kappa shape index (κ3) is 5.18. The number of hydrogen-bond donors (Lipinski definition) is 3. The van der Waals surface area contributed by atoms with Gasteiger partial charge in [-0.25, -0.2) is 0 Å². The zero-order chi connectivity index (χ0) is 19.2. The van der Waals surface area contributed by atoms with Gasteiger partial charge in [0.15, 0.2) is 5.17 Å². The molecule has 27 heavy (non-hydrogen) atoms. The predicted octanol–water partition coefficient (Wildman–Crippen LogP) is 2.65. The van der Waals surface area contributed by atoms with Crippen LogP contribution in [0.15, 0.2) is 58.7 Å². The average molecular weight is 382 g/mol. The van der Waals surface area contributed by atoms with Crippen LogP contribution in [0.1, 0.15) is 17.5 Å². The van der Waals surface area contributed by atoms with Gasteiger partial charge < -0.3 is 15.7 Å². The number of phenolic OH excluding ortho intramolecular Hbond substituents is 1. The van der Waals surface area contributed by atoms with E-state index < -0.39 is 5.25 Å². The van der Waals surface area contributed by atoms with Crippen LogP contribution in [0, 0.1) is 6.92 Å². The van der Waals surface area contributed by atoms with E-state index in [0.29, 0.717) is 10.7 Å². The van der Waals surface area contributed by atoms with E-state index in [2.05, 4.69) is 20.8 Å². The fraction of sp³-hybridized carbons (Fsp3) is 0.158. The molecule has 3 rings (SSSR count). The number of phenols is 1. The Balaban J connectivity index is 1.57. The number of aryl methyl sites for hydroxylation is 1. The second-order valence-electron chi connectivity index (χ2n) is 5.91. The Morgan fingerprint density at radius 1 is 1.30 bits per heavy atom. The van der Waals surface area contributed by atoms with E-state index in [1.807, 2.05) is 31.2 Å². The summed E-state index contributed by atoms with van der Waals surface area (Å²) < 4.78 is 0. The number of nitrogens with zero attached hydrogens (tertiary/aromatic N) is 2. The standard InChI is InChI=1S/C19H18N4O3S/c1-12-5-2-3-8-15(12)21-17(25)10-16-18(26)22-19(27-16)23-20-11-13-6-4-7-14(24)9-13/h2-9,11,16,24H,10H2,1H3,(H,21,25)(H,22,23,26). The SMILES string of the molecule is Cc1ccccc1NC(=O)CC1S/C(=N\N=Cc2cccc(O)c2)NC1=O. The van der Waals surface area contributed by atoms with Crippen molar-refractivity contribution in [2.24, 2.45) is 10.2 Å². The maximum Gasteiger partial charge on any atom is 0.240 e. The Hall–Kier alpha value is -3.13. The molecule has 7 nitrogen and oxygen atoms in total. The van der Waals surface area contributed by atoms with Crippen LogP contribution in [0.5, 0.6) is 5.75 Å². The molecule has 1 unspecified atom stereocenters. The van der Waals surface area contributed by atoms with Crippen LogP contribution in [-0.4, -0.2) is 33.6 Å². The first-order valence-electron chi connectivity index (χ1n) is 8.24. The first kappa shape index (κ1) is 18.7. The highest BCUT2D eigenvalue weighted by atomic mass is 32.2. The molecule has 8 heteroatoms. The lowest BCUT2D eigenvalue weighted by molar-refractivity contribution is -0.122. The summed E-state index contributed by atoms with van der Waals surface area (Å²) in [6, 6.07) is 14.0. The maximum absolute atomic E-state index is 12.2. The summed E-state index contributed by atoms with van der Waals surface area (Å²) in [6.07, 6.45) is 1.51. The van der Waals surface area contributed by atoms with E-state index >= 15 is 0 Å². The van der Waals surface area contributed by atoms with Gasteiger partial charge in [-0.15, -0.1) is 5.10 Å². The Morgan fingerprint density at radius 2 is 2.11 bits per heavy atom. The summed E-state index contributed by atoms with van der Waals surface area (Å²) >= 11 is 1.17. The van der Waals surface area contributed by atoms with E-state index in [1.54, 1.807) is 24.3 Å². The molecular formula is C19H18N4O3S. The number of thioether (sulfide) groups is 1. The predicted molar refractivity (Wildman–Crippen MR) is 107 cm³/mol. The first-order chi connectivity index (χ1) is 13.0. The molecule has 2 amide bonds. The minimum atomic E-state index is -0.552. The van der Waals surface area contributed by atoms with Crippen molar-refractivity contribution in [3.05, 3.63) is 59.7 Å². The second-order valence-corrected chi connectivity index (χ2v) is 7.10. The van der Waals surface area contributed by atoms with Crippen molar-refractivity contribution in [3.8, 4) is 5.75 Å². The molecule has 0 saturated carbocycles. The molecule has 0 radical (unpaired) electrons. The molecule has 3 N–H and O–H groups in total. The Kier molecular flexibility index (Phi) is 5.87.